The fraction of sp³-hybridized carbons (Fsp3) is 0.333. The fourth-order valence-corrected chi connectivity index (χ4v) is 6.22. The Labute approximate surface area is 208 Å². The first-order valence-electron chi connectivity index (χ1n) is 10.6. The molecule has 0 radical (unpaired) electrons. The predicted molar refractivity (Wildman–Crippen MR) is 134 cm³/mol. The van der Waals surface area contributed by atoms with Gasteiger partial charge in [-0.3, -0.25) is 9.10 Å². The molecule has 1 aliphatic carbocycles. The van der Waals surface area contributed by atoms with Gasteiger partial charge in [0.2, 0.25) is 0 Å². The molecule has 176 valence electrons. The van der Waals surface area contributed by atoms with Crippen LogP contribution in [0.2, 0.25) is 0 Å². The van der Waals surface area contributed by atoms with Crippen LogP contribution in [0.1, 0.15) is 42.6 Å². The molecule has 1 aliphatic rings. The molecule has 0 bridgehead atoms. The van der Waals surface area contributed by atoms with Crippen LogP contribution in [0.25, 0.3) is 0 Å². The highest BCUT2D eigenvalue weighted by atomic mass is 127. The van der Waals surface area contributed by atoms with Crippen molar-refractivity contribution in [2.45, 2.75) is 50.7 Å². The number of sulfonamides is 1. The highest BCUT2D eigenvalue weighted by Gasteiger charge is 2.34. The quantitative estimate of drug-likeness (QED) is 0.269. The average molecular weight is 583 g/mol. The van der Waals surface area contributed by atoms with Gasteiger partial charge in [-0.25, -0.2) is 13.2 Å². The monoisotopic (exact) mass is 583 g/mol. The zero-order valence-electron chi connectivity index (χ0n) is 18.7. The molecule has 7 nitrogen and oxygen atoms in total. The Kier molecular flexibility index (Phi) is 8.17. The first-order valence-corrected chi connectivity index (χ1v) is 13.1. The molecule has 0 aliphatic heterocycles. The number of benzene rings is 2. The molecule has 0 fully saturated rings. The van der Waals surface area contributed by atoms with Crippen LogP contribution < -0.4 is 4.31 Å². The Bertz CT molecular complexity index is 1160. The number of hydrogen-bond acceptors (Lipinski definition) is 6. The van der Waals surface area contributed by atoms with Gasteiger partial charge in [0.1, 0.15) is 6.10 Å². The molecule has 0 N–H and O–H groups in total. The number of halogens is 1. The minimum atomic E-state index is -3.92. The Morgan fingerprint density at radius 3 is 2.33 bits per heavy atom. The molecule has 0 amide bonds. The largest absolute Gasteiger partial charge is 0.462 e. The van der Waals surface area contributed by atoms with Crippen molar-refractivity contribution in [3.05, 3.63) is 69.3 Å². The van der Waals surface area contributed by atoms with Crippen molar-refractivity contribution in [1.82, 2.24) is 0 Å². The molecule has 0 saturated carbocycles. The van der Waals surface area contributed by atoms with Crippen LogP contribution in [-0.2, 0) is 24.3 Å². The Hall–Kier alpha value is -2.40. The summed E-state index contributed by atoms with van der Waals surface area (Å²) in [4.78, 5) is 23.6. The van der Waals surface area contributed by atoms with Crippen molar-refractivity contribution in [3.8, 4) is 0 Å². The van der Waals surface area contributed by atoms with Crippen LogP contribution in [0.4, 0.5) is 5.69 Å². The SMILES string of the molecule is CCOC(=O)c1ccc(N([C@H]2C=C[C@H](OC(C)=O)CC2)S(=O)(=O)c2ccc(C)cc2)c(I)c1. The third-order valence-electron chi connectivity index (χ3n) is 5.19. The number of aryl methyl sites for hydroxylation is 1. The van der Waals surface area contributed by atoms with Crippen molar-refractivity contribution < 1.29 is 27.5 Å². The number of carbonyl (C=O) groups is 2. The fourth-order valence-electron chi connectivity index (χ4n) is 3.62. The number of ether oxygens (including phenoxy) is 2. The average Bonchev–Trinajstić information content (AvgIpc) is 2.76. The lowest BCUT2D eigenvalue weighted by Gasteiger charge is -2.34. The summed E-state index contributed by atoms with van der Waals surface area (Å²) in [6, 6.07) is 11.0. The number of anilines is 1. The van der Waals surface area contributed by atoms with Crippen LogP contribution in [0.15, 0.2) is 59.5 Å². The molecule has 33 heavy (non-hydrogen) atoms. The summed E-state index contributed by atoms with van der Waals surface area (Å²) < 4.78 is 39.9. The van der Waals surface area contributed by atoms with E-state index in [1.54, 1.807) is 61.5 Å². The second kappa shape index (κ2) is 10.7. The van der Waals surface area contributed by atoms with E-state index in [0.717, 1.165) is 5.56 Å². The van der Waals surface area contributed by atoms with E-state index in [2.05, 4.69) is 0 Å². The predicted octanol–water partition coefficient (Wildman–Crippen LogP) is 4.62. The van der Waals surface area contributed by atoms with Gasteiger partial charge in [-0.2, -0.15) is 0 Å². The smallest absolute Gasteiger partial charge is 0.338 e. The van der Waals surface area contributed by atoms with E-state index in [0.29, 0.717) is 27.7 Å². The summed E-state index contributed by atoms with van der Waals surface area (Å²) in [5.41, 5.74) is 1.77. The zero-order valence-corrected chi connectivity index (χ0v) is 21.6. The molecular weight excluding hydrogens is 557 g/mol. The summed E-state index contributed by atoms with van der Waals surface area (Å²) >= 11 is 2.04. The third-order valence-corrected chi connectivity index (χ3v) is 7.90. The number of esters is 2. The number of nitrogens with zero attached hydrogens (tertiary/aromatic N) is 1. The van der Waals surface area contributed by atoms with Crippen molar-refractivity contribution in [2.75, 3.05) is 10.9 Å². The molecule has 0 unspecified atom stereocenters. The molecule has 0 saturated heterocycles. The van der Waals surface area contributed by atoms with Gasteiger partial charge < -0.3 is 9.47 Å². The van der Waals surface area contributed by atoms with Gasteiger partial charge in [-0.1, -0.05) is 23.8 Å². The van der Waals surface area contributed by atoms with Crippen LogP contribution in [0, 0.1) is 10.5 Å². The standard InChI is InChI=1S/C24H26INO6S/c1-4-31-24(28)18-7-14-23(22(25)15-18)26(19-8-10-20(11-9-19)32-17(3)27)33(29,30)21-12-5-16(2)6-13-21/h5-8,10,12-15,19-20H,4,9,11H2,1-3H3/t19-,20-/m0/s1. The minimum Gasteiger partial charge on any atom is -0.462 e. The first kappa shape index (κ1) is 25.2. The van der Waals surface area contributed by atoms with Crippen LogP contribution in [0.5, 0.6) is 0 Å². The molecule has 2 aromatic rings. The van der Waals surface area contributed by atoms with Crippen LogP contribution in [0.3, 0.4) is 0 Å². The summed E-state index contributed by atoms with van der Waals surface area (Å²) in [5, 5.41) is 0. The Balaban J connectivity index is 2.06. The molecule has 2 aromatic carbocycles. The van der Waals surface area contributed by atoms with Gasteiger partial charge in [0.15, 0.2) is 0 Å². The lowest BCUT2D eigenvalue weighted by Crippen LogP contribution is -2.42. The maximum absolute atomic E-state index is 13.8. The molecule has 2 atom stereocenters. The Morgan fingerprint density at radius 2 is 1.79 bits per heavy atom. The van der Waals surface area contributed by atoms with Gasteiger partial charge >= 0.3 is 11.9 Å². The van der Waals surface area contributed by atoms with Gasteiger partial charge in [0.25, 0.3) is 10.0 Å². The van der Waals surface area contributed by atoms with Gasteiger partial charge in [0, 0.05) is 10.5 Å². The van der Waals surface area contributed by atoms with Crippen LogP contribution in [-0.4, -0.2) is 39.1 Å². The van der Waals surface area contributed by atoms with Gasteiger partial charge in [0.05, 0.1) is 28.8 Å². The van der Waals surface area contributed by atoms with Gasteiger partial charge in [-0.05, 0) is 85.7 Å². The van der Waals surface area contributed by atoms with Crippen LogP contribution >= 0.6 is 22.6 Å². The van der Waals surface area contributed by atoms with Crippen molar-refractivity contribution in [3.63, 3.8) is 0 Å². The Morgan fingerprint density at radius 1 is 1.09 bits per heavy atom. The van der Waals surface area contributed by atoms with E-state index in [4.69, 9.17) is 9.47 Å². The van der Waals surface area contributed by atoms with E-state index in [1.807, 2.05) is 29.5 Å². The third kappa shape index (κ3) is 5.94. The highest BCUT2D eigenvalue weighted by Crippen LogP contribution is 2.34. The van der Waals surface area contributed by atoms with Gasteiger partial charge in [-0.15, -0.1) is 0 Å². The zero-order chi connectivity index (χ0) is 24.2. The number of carbonyl (C=O) groups excluding carboxylic acids is 2. The summed E-state index contributed by atoms with van der Waals surface area (Å²) in [5.74, 6) is -0.840. The summed E-state index contributed by atoms with van der Waals surface area (Å²) in [7, 11) is -3.92. The normalized spacial score (nSPS) is 17.9. The van der Waals surface area contributed by atoms with Crippen molar-refractivity contribution in [1.29, 1.82) is 0 Å². The maximum Gasteiger partial charge on any atom is 0.338 e. The molecule has 0 spiro atoms. The van der Waals surface area contributed by atoms with E-state index >= 15 is 0 Å². The maximum atomic E-state index is 13.8. The summed E-state index contributed by atoms with van der Waals surface area (Å²) in [6.07, 6.45) is 4.08. The van der Waals surface area contributed by atoms with Crippen molar-refractivity contribution in [2.24, 2.45) is 0 Å². The molecule has 3 rings (SSSR count). The van der Waals surface area contributed by atoms with Crippen molar-refractivity contribution >= 4 is 50.2 Å². The molecule has 9 heteroatoms. The number of rotatable bonds is 7. The lowest BCUT2D eigenvalue weighted by atomic mass is 10.00. The molecule has 0 heterocycles. The van der Waals surface area contributed by atoms with E-state index in [-0.39, 0.29) is 23.6 Å². The second-order valence-electron chi connectivity index (χ2n) is 7.68. The number of hydrogen-bond donors (Lipinski definition) is 0. The second-order valence-corrected chi connectivity index (χ2v) is 10.7. The van der Waals surface area contributed by atoms with E-state index in [9.17, 15) is 18.0 Å². The minimum absolute atomic E-state index is 0.175. The topological polar surface area (TPSA) is 90.0 Å². The first-order chi connectivity index (χ1) is 15.6. The molecule has 0 aromatic heterocycles. The van der Waals surface area contributed by atoms with E-state index in [1.165, 1.54) is 11.2 Å². The lowest BCUT2D eigenvalue weighted by molar-refractivity contribution is -0.144. The highest BCUT2D eigenvalue weighted by molar-refractivity contribution is 14.1. The molecular formula is C24H26INO6S. The van der Waals surface area contributed by atoms with E-state index < -0.39 is 22.0 Å². The summed E-state index contributed by atoms with van der Waals surface area (Å²) in [6.45, 7) is 5.22.